The molecule has 0 spiro atoms. The summed E-state index contributed by atoms with van der Waals surface area (Å²) in [5.41, 5.74) is 3.74. The Balaban J connectivity index is 1.35. The molecule has 0 aliphatic heterocycles. The molecular weight excluding hydrogens is 518 g/mol. The Morgan fingerprint density at radius 2 is 2.00 bits per heavy atom. The zero-order chi connectivity index (χ0) is 27.7. The van der Waals surface area contributed by atoms with E-state index in [1.807, 2.05) is 43.5 Å². The number of hydrogen-bond donors (Lipinski definition) is 3. The van der Waals surface area contributed by atoms with E-state index in [4.69, 9.17) is 9.15 Å². The number of aromatic nitrogens is 2. The number of nitrogens with zero attached hydrogens (tertiary/aromatic N) is 1. The predicted octanol–water partition coefficient (Wildman–Crippen LogP) is 4.85. The summed E-state index contributed by atoms with van der Waals surface area (Å²) in [6, 6.07) is 9.73. The minimum atomic E-state index is -1.14. The molecular formula is C29H27N3O6S. The van der Waals surface area contributed by atoms with Crippen LogP contribution in [0.4, 0.5) is 0 Å². The molecule has 3 heterocycles. The minimum Gasteiger partial charge on any atom is -0.480 e. The van der Waals surface area contributed by atoms with E-state index in [-0.39, 0.29) is 11.8 Å². The van der Waals surface area contributed by atoms with Crippen LogP contribution in [0.15, 0.2) is 63.4 Å². The van der Waals surface area contributed by atoms with Gasteiger partial charge in [0.2, 0.25) is 5.43 Å². The Morgan fingerprint density at radius 3 is 2.72 bits per heavy atom. The maximum Gasteiger partial charge on any atom is 0.326 e. The molecule has 10 heteroatoms. The van der Waals surface area contributed by atoms with E-state index in [2.05, 4.69) is 15.3 Å². The van der Waals surface area contributed by atoms with Gasteiger partial charge in [-0.15, -0.1) is 11.3 Å². The highest BCUT2D eigenvalue weighted by atomic mass is 32.1. The van der Waals surface area contributed by atoms with Gasteiger partial charge < -0.3 is 24.6 Å². The molecule has 39 heavy (non-hydrogen) atoms. The third-order valence-corrected chi connectivity index (χ3v) is 7.57. The van der Waals surface area contributed by atoms with Gasteiger partial charge in [-0.25, -0.2) is 9.78 Å². The highest BCUT2D eigenvalue weighted by molar-refractivity contribution is 7.13. The number of ether oxygens (including phenoxy) is 1. The van der Waals surface area contributed by atoms with Crippen LogP contribution in [0.5, 0.6) is 5.75 Å². The maximum absolute atomic E-state index is 13.2. The molecule has 5 rings (SSSR count). The van der Waals surface area contributed by atoms with Crippen LogP contribution >= 0.6 is 11.3 Å². The molecule has 2 aromatic carbocycles. The average Bonchev–Trinajstić information content (AvgIpc) is 3.54. The van der Waals surface area contributed by atoms with Crippen LogP contribution in [-0.2, 0) is 22.4 Å². The summed E-state index contributed by atoms with van der Waals surface area (Å²) in [7, 11) is 0. The van der Waals surface area contributed by atoms with E-state index in [0.717, 1.165) is 27.7 Å². The number of carboxylic acid groups (broad SMARTS) is 1. The number of thiazole rings is 1. The second kappa shape index (κ2) is 10.7. The monoisotopic (exact) mass is 545 g/mol. The minimum absolute atomic E-state index is 0.111. The van der Waals surface area contributed by atoms with Crippen molar-refractivity contribution in [1.82, 2.24) is 15.3 Å². The number of para-hydroxylation sites is 1. The van der Waals surface area contributed by atoms with Crippen molar-refractivity contribution in [3.05, 3.63) is 81.3 Å². The van der Waals surface area contributed by atoms with Crippen LogP contribution in [0.1, 0.15) is 30.7 Å². The highest BCUT2D eigenvalue weighted by Crippen LogP contribution is 2.29. The van der Waals surface area contributed by atoms with Gasteiger partial charge in [0, 0.05) is 40.7 Å². The Labute approximate surface area is 227 Å². The van der Waals surface area contributed by atoms with Crippen LogP contribution in [0.2, 0.25) is 0 Å². The first-order valence-corrected chi connectivity index (χ1v) is 13.4. The highest BCUT2D eigenvalue weighted by Gasteiger charge is 2.26. The molecule has 0 aliphatic rings. The first-order valence-electron chi connectivity index (χ1n) is 12.5. The number of hydrogen-bond acceptors (Lipinski definition) is 7. The van der Waals surface area contributed by atoms with Gasteiger partial charge in [0.25, 0.3) is 5.91 Å². The molecule has 3 aromatic heterocycles. The normalized spacial score (nSPS) is 12.9. The first-order chi connectivity index (χ1) is 18.7. The van der Waals surface area contributed by atoms with E-state index in [1.165, 1.54) is 17.6 Å². The quantitative estimate of drug-likeness (QED) is 0.241. The lowest BCUT2D eigenvalue weighted by molar-refractivity contribution is -0.142. The maximum atomic E-state index is 13.2. The molecule has 0 saturated carbocycles. The lowest BCUT2D eigenvalue weighted by atomic mass is 10.0. The van der Waals surface area contributed by atoms with Crippen molar-refractivity contribution in [1.29, 1.82) is 0 Å². The summed E-state index contributed by atoms with van der Waals surface area (Å²) in [6.45, 7) is 5.32. The number of rotatable bonds is 9. The van der Waals surface area contributed by atoms with Crippen molar-refractivity contribution in [2.24, 2.45) is 0 Å². The third kappa shape index (κ3) is 5.28. The fourth-order valence-electron chi connectivity index (χ4n) is 4.47. The second-order valence-electron chi connectivity index (χ2n) is 9.31. The van der Waals surface area contributed by atoms with Gasteiger partial charge in [0.1, 0.15) is 28.6 Å². The Kier molecular flexibility index (Phi) is 7.21. The summed E-state index contributed by atoms with van der Waals surface area (Å²) in [5.74, 6) is -1.33. The Hall–Kier alpha value is -4.44. The van der Waals surface area contributed by atoms with Crippen molar-refractivity contribution >= 4 is 45.1 Å². The van der Waals surface area contributed by atoms with Gasteiger partial charge in [0.15, 0.2) is 6.10 Å². The molecule has 3 N–H and O–H groups in total. The molecule has 9 nitrogen and oxygen atoms in total. The zero-order valence-corrected chi connectivity index (χ0v) is 22.4. The molecule has 2 atom stereocenters. The number of aryl methyl sites for hydroxylation is 2. The van der Waals surface area contributed by atoms with Gasteiger partial charge >= 0.3 is 5.97 Å². The molecule has 0 aliphatic carbocycles. The molecule has 0 fully saturated rings. The molecule has 0 saturated heterocycles. The number of carbonyl (C=O) groups excluding carboxylic acids is 1. The van der Waals surface area contributed by atoms with Crippen LogP contribution in [0, 0.1) is 6.92 Å². The number of benzene rings is 2. The molecule has 0 bridgehead atoms. The number of aliphatic carboxylic acids is 1. The van der Waals surface area contributed by atoms with Crippen LogP contribution in [-0.4, -0.2) is 39.1 Å². The summed E-state index contributed by atoms with van der Waals surface area (Å²) < 4.78 is 11.7. The Morgan fingerprint density at radius 1 is 1.21 bits per heavy atom. The largest absolute Gasteiger partial charge is 0.480 e. The van der Waals surface area contributed by atoms with E-state index in [0.29, 0.717) is 33.7 Å². The average molecular weight is 546 g/mol. The van der Waals surface area contributed by atoms with Crippen molar-refractivity contribution in [3.63, 3.8) is 0 Å². The van der Waals surface area contributed by atoms with Gasteiger partial charge in [-0.3, -0.25) is 9.59 Å². The lowest BCUT2D eigenvalue weighted by Crippen LogP contribution is -2.47. The van der Waals surface area contributed by atoms with Crippen molar-refractivity contribution < 1.29 is 23.8 Å². The SMILES string of the molecule is CCc1cc2c(=O)c(-c3nc(C)cs3)coc2cc1OC(C)C(=O)NC(Cc1c[nH]c2ccccc12)C(=O)O. The smallest absolute Gasteiger partial charge is 0.326 e. The van der Waals surface area contributed by atoms with Gasteiger partial charge in [0.05, 0.1) is 10.9 Å². The van der Waals surface area contributed by atoms with Gasteiger partial charge in [-0.05, 0) is 43.5 Å². The fraction of sp³-hybridized carbons (Fsp3) is 0.241. The molecule has 200 valence electrons. The number of carboxylic acids is 1. The van der Waals surface area contributed by atoms with Crippen molar-refractivity contribution in [2.45, 2.75) is 45.8 Å². The van der Waals surface area contributed by atoms with E-state index in [1.54, 1.807) is 25.3 Å². The van der Waals surface area contributed by atoms with E-state index >= 15 is 0 Å². The molecule has 0 radical (unpaired) electrons. The number of fused-ring (bicyclic) bond motifs is 2. The van der Waals surface area contributed by atoms with Crippen LogP contribution < -0.4 is 15.5 Å². The summed E-state index contributed by atoms with van der Waals surface area (Å²) >= 11 is 1.37. The number of carbonyl (C=O) groups is 2. The zero-order valence-electron chi connectivity index (χ0n) is 21.6. The molecule has 2 unspecified atom stereocenters. The first kappa shape index (κ1) is 26.2. The summed E-state index contributed by atoms with van der Waals surface area (Å²) in [5, 5.41) is 16.1. The Bertz CT molecular complexity index is 1750. The number of nitrogens with one attached hydrogen (secondary N) is 2. The summed E-state index contributed by atoms with van der Waals surface area (Å²) in [6.07, 6.45) is 2.79. The topological polar surface area (TPSA) is 135 Å². The second-order valence-corrected chi connectivity index (χ2v) is 10.2. The third-order valence-electron chi connectivity index (χ3n) is 6.57. The van der Waals surface area contributed by atoms with Crippen LogP contribution in [0.3, 0.4) is 0 Å². The van der Waals surface area contributed by atoms with Gasteiger partial charge in [-0.1, -0.05) is 25.1 Å². The van der Waals surface area contributed by atoms with Crippen molar-refractivity contribution in [2.75, 3.05) is 0 Å². The number of aromatic amines is 1. The lowest BCUT2D eigenvalue weighted by Gasteiger charge is -2.20. The fourth-order valence-corrected chi connectivity index (χ4v) is 5.27. The van der Waals surface area contributed by atoms with E-state index < -0.39 is 24.0 Å². The van der Waals surface area contributed by atoms with E-state index in [9.17, 15) is 19.5 Å². The number of amides is 1. The predicted molar refractivity (Wildman–Crippen MR) is 149 cm³/mol. The molecule has 1 amide bonds. The van der Waals surface area contributed by atoms with Crippen molar-refractivity contribution in [3.8, 4) is 16.3 Å². The molecule has 5 aromatic rings. The van der Waals surface area contributed by atoms with Crippen LogP contribution in [0.25, 0.3) is 32.4 Å². The summed E-state index contributed by atoms with van der Waals surface area (Å²) in [4.78, 5) is 45.7. The standard InChI is InChI=1S/C29H27N3O6S/c1-4-17-9-20-25(37-13-21(26(20)33)28-31-15(2)14-39-28)11-24(17)38-16(3)27(34)32-23(29(35)36)10-18-12-30-22-8-6-5-7-19(18)22/h5-9,11-14,16,23,30H,4,10H2,1-3H3,(H,32,34)(H,35,36). The number of H-pyrrole nitrogens is 1. The van der Waals surface area contributed by atoms with Gasteiger partial charge in [-0.2, -0.15) is 0 Å².